The van der Waals surface area contributed by atoms with Gasteiger partial charge < -0.3 is 9.64 Å². The van der Waals surface area contributed by atoms with Crippen LogP contribution in [0.4, 0.5) is 0 Å². The fraction of sp³-hybridized carbons (Fsp3) is 0.333. The molecule has 1 aromatic heterocycles. The maximum atomic E-state index is 12.8. The summed E-state index contributed by atoms with van der Waals surface area (Å²) in [6.45, 7) is 3.56. The van der Waals surface area contributed by atoms with Crippen molar-refractivity contribution in [2.75, 3.05) is 18.8 Å². The standard InChI is InChI=1S/C21H22N2O2S2/c1-2-26-17-7-5-6-15(14-17)20(24)23-12-10-16(11-13-23)25-21-22-18-8-3-4-9-19(18)27-21/h3-9,14,16H,2,10-13H2,1H3. The second-order valence-electron chi connectivity index (χ2n) is 6.52. The molecule has 27 heavy (non-hydrogen) atoms. The molecule has 0 radical (unpaired) electrons. The normalized spacial score (nSPS) is 15.2. The van der Waals surface area contributed by atoms with Crippen molar-refractivity contribution in [3.63, 3.8) is 0 Å². The fourth-order valence-electron chi connectivity index (χ4n) is 3.29. The van der Waals surface area contributed by atoms with Gasteiger partial charge in [0.05, 0.1) is 10.2 Å². The molecule has 1 amide bonds. The number of aromatic nitrogens is 1. The molecule has 0 N–H and O–H groups in total. The zero-order chi connectivity index (χ0) is 18.6. The van der Waals surface area contributed by atoms with Crippen molar-refractivity contribution >= 4 is 39.2 Å². The number of rotatable bonds is 5. The third-order valence-corrected chi connectivity index (χ3v) is 6.47. The number of benzene rings is 2. The highest BCUT2D eigenvalue weighted by molar-refractivity contribution is 7.99. The minimum absolute atomic E-state index is 0.118. The van der Waals surface area contributed by atoms with Gasteiger partial charge in [0.1, 0.15) is 6.10 Å². The fourth-order valence-corrected chi connectivity index (χ4v) is 4.89. The first-order valence-electron chi connectivity index (χ1n) is 9.27. The number of piperidine rings is 1. The van der Waals surface area contributed by atoms with Gasteiger partial charge in [0.25, 0.3) is 11.1 Å². The highest BCUT2D eigenvalue weighted by Crippen LogP contribution is 2.30. The minimum Gasteiger partial charge on any atom is -0.467 e. The molecule has 4 rings (SSSR count). The van der Waals surface area contributed by atoms with Crippen LogP contribution in [0, 0.1) is 0 Å². The quantitative estimate of drug-likeness (QED) is 0.561. The van der Waals surface area contributed by atoms with E-state index < -0.39 is 0 Å². The Kier molecular flexibility index (Phi) is 5.64. The van der Waals surface area contributed by atoms with E-state index in [1.54, 1.807) is 23.1 Å². The molecule has 140 valence electrons. The Labute approximate surface area is 167 Å². The summed E-state index contributed by atoms with van der Waals surface area (Å²) in [4.78, 5) is 20.4. The van der Waals surface area contributed by atoms with E-state index in [9.17, 15) is 4.79 Å². The summed E-state index contributed by atoms with van der Waals surface area (Å²) in [6.07, 6.45) is 1.80. The predicted molar refractivity (Wildman–Crippen MR) is 112 cm³/mol. The topological polar surface area (TPSA) is 42.4 Å². The SMILES string of the molecule is CCSc1cccc(C(=O)N2CCC(Oc3nc4ccccc4s3)CC2)c1. The summed E-state index contributed by atoms with van der Waals surface area (Å²) in [5, 5.41) is 0.727. The molecule has 0 saturated carbocycles. The van der Waals surface area contributed by atoms with Crippen molar-refractivity contribution in [3.05, 3.63) is 54.1 Å². The van der Waals surface area contributed by atoms with Crippen LogP contribution in [0.1, 0.15) is 30.1 Å². The Bertz CT molecular complexity index is 900. The Morgan fingerprint density at radius 2 is 2.04 bits per heavy atom. The lowest BCUT2D eigenvalue weighted by atomic mass is 10.1. The van der Waals surface area contributed by atoms with Gasteiger partial charge in [-0.3, -0.25) is 4.79 Å². The summed E-state index contributed by atoms with van der Waals surface area (Å²) in [5.41, 5.74) is 1.76. The molecule has 0 atom stereocenters. The van der Waals surface area contributed by atoms with Crippen LogP contribution in [0.15, 0.2) is 53.4 Å². The number of thioether (sulfide) groups is 1. The molecule has 6 heteroatoms. The van der Waals surface area contributed by atoms with Crippen molar-refractivity contribution in [3.8, 4) is 5.19 Å². The summed E-state index contributed by atoms with van der Waals surface area (Å²) in [6, 6.07) is 16.0. The first-order chi connectivity index (χ1) is 13.2. The van der Waals surface area contributed by atoms with Gasteiger partial charge in [0, 0.05) is 36.4 Å². The first kappa shape index (κ1) is 18.3. The smallest absolute Gasteiger partial charge is 0.274 e. The molecule has 2 heterocycles. The van der Waals surface area contributed by atoms with Crippen LogP contribution in [0.25, 0.3) is 10.2 Å². The molecular formula is C21H22N2O2S2. The van der Waals surface area contributed by atoms with Gasteiger partial charge >= 0.3 is 0 Å². The Hall–Kier alpha value is -2.05. The maximum Gasteiger partial charge on any atom is 0.274 e. The van der Waals surface area contributed by atoms with E-state index >= 15 is 0 Å². The van der Waals surface area contributed by atoms with Crippen molar-refractivity contribution in [1.29, 1.82) is 0 Å². The molecule has 3 aromatic rings. The van der Waals surface area contributed by atoms with E-state index in [-0.39, 0.29) is 12.0 Å². The Balaban J connectivity index is 1.35. The molecule has 1 aliphatic heterocycles. The predicted octanol–water partition coefficient (Wildman–Crippen LogP) is 5.09. The number of hydrogen-bond acceptors (Lipinski definition) is 5. The molecule has 0 spiro atoms. The van der Waals surface area contributed by atoms with Crippen molar-refractivity contribution < 1.29 is 9.53 Å². The van der Waals surface area contributed by atoms with E-state index in [0.29, 0.717) is 0 Å². The zero-order valence-corrected chi connectivity index (χ0v) is 16.9. The van der Waals surface area contributed by atoms with Crippen LogP contribution in [0.2, 0.25) is 0 Å². The monoisotopic (exact) mass is 398 g/mol. The highest BCUT2D eigenvalue weighted by atomic mass is 32.2. The number of para-hydroxylation sites is 1. The highest BCUT2D eigenvalue weighted by Gasteiger charge is 2.25. The van der Waals surface area contributed by atoms with Gasteiger partial charge in [0.15, 0.2) is 0 Å². The summed E-state index contributed by atoms with van der Waals surface area (Å²) in [5.74, 6) is 1.12. The summed E-state index contributed by atoms with van der Waals surface area (Å²) < 4.78 is 7.23. The molecule has 1 saturated heterocycles. The minimum atomic E-state index is 0.118. The number of thiazole rings is 1. The number of ether oxygens (including phenoxy) is 1. The lowest BCUT2D eigenvalue weighted by Crippen LogP contribution is -2.41. The molecule has 2 aromatic carbocycles. The largest absolute Gasteiger partial charge is 0.467 e. The van der Waals surface area contributed by atoms with E-state index in [1.165, 1.54) is 0 Å². The second-order valence-corrected chi connectivity index (χ2v) is 8.85. The van der Waals surface area contributed by atoms with E-state index in [4.69, 9.17) is 4.74 Å². The van der Waals surface area contributed by atoms with Crippen LogP contribution in [-0.2, 0) is 0 Å². The zero-order valence-electron chi connectivity index (χ0n) is 15.3. The molecule has 0 bridgehead atoms. The van der Waals surface area contributed by atoms with Gasteiger partial charge in [0.2, 0.25) is 0 Å². The number of nitrogens with zero attached hydrogens (tertiary/aromatic N) is 2. The third kappa shape index (κ3) is 4.28. The van der Waals surface area contributed by atoms with E-state index in [1.807, 2.05) is 41.3 Å². The number of carbonyl (C=O) groups is 1. The number of likely N-dealkylation sites (tertiary alicyclic amines) is 1. The van der Waals surface area contributed by atoms with E-state index in [2.05, 4.69) is 24.0 Å². The molecule has 0 aliphatic carbocycles. The van der Waals surface area contributed by atoms with Gasteiger partial charge in [-0.1, -0.05) is 36.5 Å². The van der Waals surface area contributed by atoms with Crippen molar-refractivity contribution in [2.24, 2.45) is 0 Å². The lowest BCUT2D eigenvalue weighted by molar-refractivity contribution is 0.0595. The van der Waals surface area contributed by atoms with Crippen LogP contribution in [0.5, 0.6) is 5.19 Å². The number of hydrogen-bond donors (Lipinski definition) is 0. The Morgan fingerprint density at radius 1 is 1.22 bits per heavy atom. The molecule has 1 fully saturated rings. The third-order valence-electron chi connectivity index (χ3n) is 4.66. The van der Waals surface area contributed by atoms with Gasteiger partial charge in [-0.05, 0) is 36.1 Å². The summed E-state index contributed by atoms with van der Waals surface area (Å²) >= 11 is 3.35. The first-order valence-corrected chi connectivity index (χ1v) is 11.1. The van der Waals surface area contributed by atoms with Crippen molar-refractivity contribution in [2.45, 2.75) is 30.8 Å². The average Bonchev–Trinajstić information content (AvgIpc) is 3.11. The van der Waals surface area contributed by atoms with Crippen LogP contribution in [-0.4, -0.2) is 40.7 Å². The van der Waals surface area contributed by atoms with Gasteiger partial charge in [-0.25, -0.2) is 4.98 Å². The molecule has 0 unspecified atom stereocenters. The van der Waals surface area contributed by atoms with Gasteiger partial charge in [-0.15, -0.1) is 11.8 Å². The summed E-state index contributed by atoms with van der Waals surface area (Å²) in [7, 11) is 0. The molecule has 4 nitrogen and oxygen atoms in total. The maximum absolute atomic E-state index is 12.8. The number of fused-ring (bicyclic) bond motifs is 1. The van der Waals surface area contributed by atoms with Crippen LogP contribution >= 0.6 is 23.1 Å². The lowest BCUT2D eigenvalue weighted by Gasteiger charge is -2.31. The van der Waals surface area contributed by atoms with E-state index in [0.717, 1.165) is 57.6 Å². The average molecular weight is 399 g/mol. The van der Waals surface area contributed by atoms with Gasteiger partial charge in [-0.2, -0.15) is 0 Å². The molecular weight excluding hydrogens is 376 g/mol. The molecule has 1 aliphatic rings. The second kappa shape index (κ2) is 8.31. The van der Waals surface area contributed by atoms with Crippen molar-refractivity contribution in [1.82, 2.24) is 9.88 Å². The van der Waals surface area contributed by atoms with Crippen LogP contribution < -0.4 is 4.74 Å². The Morgan fingerprint density at radius 3 is 2.81 bits per heavy atom. The van der Waals surface area contributed by atoms with Crippen LogP contribution in [0.3, 0.4) is 0 Å². The number of amides is 1. The number of carbonyl (C=O) groups excluding carboxylic acids is 1.